The highest BCUT2D eigenvalue weighted by atomic mass is 16.2. The zero-order valence-corrected chi connectivity index (χ0v) is 10.5. The second kappa shape index (κ2) is 5.17. The summed E-state index contributed by atoms with van der Waals surface area (Å²) in [5.74, 6) is 0.820. The van der Waals surface area contributed by atoms with Gasteiger partial charge in [0.1, 0.15) is 0 Å². The van der Waals surface area contributed by atoms with Crippen LogP contribution in [0.15, 0.2) is 0 Å². The van der Waals surface area contributed by atoms with Gasteiger partial charge in [-0.2, -0.15) is 0 Å². The summed E-state index contributed by atoms with van der Waals surface area (Å²) >= 11 is 0. The average Bonchev–Trinajstić information content (AvgIpc) is 2.50. The van der Waals surface area contributed by atoms with E-state index in [1.54, 1.807) is 0 Å². The molecular weight excluding hydrogens is 200 g/mol. The molecule has 0 bridgehead atoms. The Morgan fingerprint density at radius 3 is 2.38 bits per heavy atom. The van der Waals surface area contributed by atoms with Crippen LogP contribution in [-0.4, -0.2) is 29.6 Å². The van der Waals surface area contributed by atoms with Gasteiger partial charge in [0.2, 0.25) is 5.91 Å². The van der Waals surface area contributed by atoms with Gasteiger partial charge in [-0.1, -0.05) is 39.5 Å². The largest absolute Gasteiger partial charge is 0.323 e. The third-order valence-electron chi connectivity index (χ3n) is 3.90. The lowest BCUT2D eigenvalue weighted by atomic mass is 10.0. The van der Waals surface area contributed by atoms with Crippen LogP contribution in [0.4, 0.5) is 0 Å². The van der Waals surface area contributed by atoms with E-state index in [1.165, 1.54) is 38.5 Å². The summed E-state index contributed by atoms with van der Waals surface area (Å²) < 4.78 is 0. The molecule has 0 aromatic rings. The third-order valence-corrected chi connectivity index (χ3v) is 3.90. The van der Waals surface area contributed by atoms with E-state index < -0.39 is 0 Å². The SMILES string of the molecule is CC(C)C1NCC(=O)N1C1CCCCCC1. The fraction of sp³-hybridized carbons (Fsp3) is 0.923. The molecule has 2 rings (SSSR count). The van der Waals surface area contributed by atoms with Gasteiger partial charge in [0.05, 0.1) is 12.7 Å². The van der Waals surface area contributed by atoms with Crippen molar-refractivity contribution in [1.82, 2.24) is 10.2 Å². The summed E-state index contributed by atoms with van der Waals surface area (Å²) in [5.41, 5.74) is 0. The van der Waals surface area contributed by atoms with Crippen molar-refractivity contribution in [1.29, 1.82) is 0 Å². The minimum absolute atomic E-state index is 0.274. The normalized spacial score (nSPS) is 28.8. The van der Waals surface area contributed by atoms with Crippen molar-refractivity contribution >= 4 is 5.91 Å². The van der Waals surface area contributed by atoms with Gasteiger partial charge in [-0.25, -0.2) is 0 Å². The number of carbonyl (C=O) groups is 1. The summed E-state index contributed by atoms with van der Waals surface area (Å²) in [6.07, 6.45) is 7.96. The molecular formula is C13H24N2O. The molecule has 1 amide bonds. The molecule has 2 fully saturated rings. The van der Waals surface area contributed by atoms with Crippen molar-refractivity contribution < 1.29 is 4.79 Å². The van der Waals surface area contributed by atoms with Crippen LogP contribution in [0.3, 0.4) is 0 Å². The Labute approximate surface area is 98.6 Å². The number of amides is 1. The number of carbonyl (C=O) groups excluding carboxylic acids is 1. The molecule has 1 aliphatic heterocycles. The van der Waals surface area contributed by atoms with E-state index in [9.17, 15) is 4.79 Å². The van der Waals surface area contributed by atoms with Crippen molar-refractivity contribution in [2.45, 2.75) is 64.6 Å². The van der Waals surface area contributed by atoms with Crippen molar-refractivity contribution in [2.75, 3.05) is 6.54 Å². The van der Waals surface area contributed by atoms with Gasteiger partial charge in [0, 0.05) is 6.04 Å². The Kier molecular flexibility index (Phi) is 3.85. The first-order valence-corrected chi connectivity index (χ1v) is 6.74. The highest BCUT2D eigenvalue weighted by molar-refractivity contribution is 5.81. The van der Waals surface area contributed by atoms with Crippen LogP contribution in [0.5, 0.6) is 0 Å². The van der Waals surface area contributed by atoms with Gasteiger partial charge in [-0.15, -0.1) is 0 Å². The minimum atomic E-state index is 0.274. The maximum atomic E-state index is 12.0. The number of rotatable bonds is 2. The van der Waals surface area contributed by atoms with Gasteiger partial charge in [0.25, 0.3) is 0 Å². The maximum absolute atomic E-state index is 12.0. The van der Waals surface area contributed by atoms with E-state index in [-0.39, 0.29) is 6.17 Å². The molecule has 1 aliphatic carbocycles. The molecule has 3 heteroatoms. The van der Waals surface area contributed by atoms with Gasteiger partial charge in [0.15, 0.2) is 0 Å². The second-order valence-corrected chi connectivity index (χ2v) is 5.52. The predicted octanol–water partition coefficient (Wildman–Crippen LogP) is 2.12. The molecule has 1 saturated carbocycles. The van der Waals surface area contributed by atoms with Crippen molar-refractivity contribution in [2.24, 2.45) is 5.92 Å². The molecule has 0 aromatic carbocycles. The number of hydrogen-bond donors (Lipinski definition) is 1. The fourth-order valence-electron chi connectivity index (χ4n) is 3.06. The third kappa shape index (κ3) is 2.40. The maximum Gasteiger partial charge on any atom is 0.238 e. The first kappa shape index (κ1) is 11.9. The van der Waals surface area contributed by atoms with Gasteiger partial charge in [-0.05, 0) is 18.8 Å². The van der Waals surface area contributed by atoms with Crippen LogP contribution in [0, 0.1) is 5.92 Å². The van der Waals surface area contributed by atoms with Crippen LogP contribution in [-0.2, 0) is 4.79 Å². The van der Waals surface area contributed by atoms with Crippen LogP contribution in [0.2, 0.25) is 0 Å². The summed E-state index contributed by atoms with van der Waals surface area (Å²) in [7, 11) is 0. The van der Waals surface area contributed by atoms with Crippen molar-refractivity contribution in [3.63, 3.8) is 0 Å². The lowest BCUT2D eigenvalue weighted by Gasteiger charge is -2.34. The topological polar surface area (TPSA) is 32.3 Å². The summed E-state index contributed by atoms with van der Waals surface area (Å²) in [6.45, 7) is 4.93. The Morgan fingerprint density at radius 1 is 1.19 bits per heavy atom. The van der Waals surface area contributed by atoms with Gasteiger partial charge < -0.3 is 4.90 Å². The number of hydrogen-bond acceptors (Lipinski definition) is 2. The highest BCUT2D eigenvalue weighted by Crippen LogP contribution is 2.26. The lowest BCUT2D eigenvalue weighted by Crippen LogP contribution is -2.47. The number of nitrogens with one attached hydrogen (secondary N) is 1. The molecule has 0 aromatic heterocycles. The van der Waals surface area contributed by atoms with E-state index in [2.05, 4.69) is 24.1 Å². The van der Waals surface area contributed by atoms with Crippen LogP contribution in [0.1, 0.15) is 52.4 Å². The van der Waals surface area contributed by atoms with Gasteiger partial charge >= 0.3 is 0 Å². The zero-order chi connectivity index (χ0) is 11.5. The van der Waals surface area contributed by atoms with E-state index in [1.807, 2.05) is 0 Å². The standard InChI is InChI=1S/C13H24N2O/c1-10(2)13-14-9-12(16)15(13)11-7-5-3-4-6-8-11/h10-11,13-14H,3-9H2,1-2H3. The summed E-state index contributed by atoms with van der Waals surface area (Å²) in [4.78, 5) is 14.1. The quantitative estimate of drug-likeness (QED) is 0.729. The Hall–Kier alpha value is -0.570. The molecule has 3 nitrogen and oxygen atoms in total. The highest BCUT2D eigenvalue weighted by Gasteiger charge is 2.37. The molecule has 16 heavy (non-hydrogen) atoms. The molecule has 1 heterocycles. The molecule has 1 saturated heterocycles. The van der Waals surface area contributed by atoms with Crippen molar-refractivity contribution in [3.05, 3.63) is 0 Å². The molecule has 1 unspecified atom stereocenters. The number of nitrogens with zero attached hydrogens (tertiary/aromatic N) is 1. The molecule has 2 aliphatic rings. The lowest BCUT2D eigenvalue weighted by molar-refractivity contribution is -0.131. The molecule has 92 valence electrons. The first-order valence-electron chi connectivity index (χ1n) is 6.74. The van der Waals surface area contributed by atoms with Crippen LogP contribution in [0.25, 0.3) is 0 Å². The van der Waals surface area contributed by atoms with E-state index >= 15 is 0 Å². The Balaban J connectivity index is 2.06. The minimum Gasteiger partial charge on any atom is -0.323 e. The molecule has 1 atom stereocenters. The summed E-state index contributed by atoms with van der Waals surface area (Å²) in [5, 5.41) is 3.35. The van der Waals surface area contributed by atoms with E-state index in [0.29, 0.717) is 24.4 Å². The van der Waals surface area contributed by atoms with E-state index in [4.69, 9.17) is 0 Å². The smallest absolute Gasteiger partial charge is 0.238 e. The predicted molar refractivity (Wildman–Crippen MR) is 65.0 cm³/mol. The van der Waals surface area contributed by atoms with Crippen molar-refractivity contribution in [3.8, 4) is 0 Å². The summed E-state index contributed by atoms with van der Waals surface area (Å²) in [6, 6.07) is 0.498. The van der Waals surface area contributed by atoms with E-state index in [0.717, 1.165) is 0 Å². The Bertz CT molecular complexity index is 244. The fourth-order valence-corrected chi connectivity index (χ4v) is 3.06. The molecule has 1 N–H and O–H groups in total. The zero-order valence-electron chi connectivity index (χ0n) is 10.5. The Morgan fingerprint density at radius 2 is 1.81 bits per heavy atom. The van der Waals surface area contributed by atoms with Crippen LogP contribution >= 0.6 is 0 Å². The van der Waals surface area contributed by atoms with Crippen LogP contribution < -0.4 is 5.32 Å². The van der Waals surface area contributed by atoms with Gasteiger partial charge in [-0.3, -0.25) is 10.1 Å². The second-order valence-electron chi connectivity index (χ2n) is 5.52. The first-order chi connectivity index (χ1) is 7.70. The average molecular weight is 224 g/mol. The monoisotopic (exact) mass is 224 g/mol. The molecule has 0 spiro atoms. The molecule has 0 radical (unpaired) electrons.